The number of anilines is 2. The average Bonchev–Trinajstić information content (AvgIpc) is 2.84. The Kier molecular flexibility index (Phi) is 3.86. The van der Waals surface area contributed by atoms with Crippen molar-refractivity contribution < 1.29 is 9.53 Å². The first kappa shape index (κ1) is 13.4. The zero-order valence-corrected chi connectivity index (χ0v) is 10.8. The molecule has 3 N–H and O–H groups in total. The molecule has 2 rings (SSSR count). The van der Waals surface area contributed by atoms with Gasteiger partial charge in [-0.15, -0.1) is 0 Å². The highest BCUT2D eigenvalue weighted by atomic mass is 16.5. The Bertz CT molecular complexity index is 672. The molecule has 0 aliphatic carbocycles. The molecule has 0 aliphatic heterocycles. The summed E-state index contributed by atoms with van der Waals surface area (Å²) in [6.07, 6.45) is 3.03. The lowest BCUT2D eigenvalue weighted by atomic mass is 10.2. The van der Waals surface area contributed by atoms with E-state index in [1.54, 1.807) is 24.4 Å². The molecular weight excluding hydrogens is 258 g/mol. The fourth-order valence-corrected chi connectivity index (χ4v) is 1.67. The number of nitrogen functional groups attached to an aromatic ring is 1. The van der Waals surface area contributed by atoms with E-state index >= 15 is 0 Å². The Morgan fingerprint density at radius 2 is 2.40 bits per heavy atom. The first-order valence-corrected chi connectivity index (χ1v) is 5.78. The highest BCUT2D eigenvalue weighted by Crippen LogP contribution is 2.25. The largest absolute Gasteiger partial charge is 0.495 e. The number of hydrogen-bond donors (Lipinski definition) is 2. The minimum absolute atomic E-state index is 0.0420. The smallest absolute Gasteiger partial charge is 0.246 e. The standard InChI is InChI=1S/C13H13N5O2/c1-20-12-4-9(5-14)2-3-11(12)17-13(19)8-18-7-10(15)6-16-18/h2-4,6-7H,8,15H2,1H3,(H,17,19). The summed E-state index contributed by atoms with van der Waals surface area (Å²) in [4.78, 5) is 11.9. The Morgan fingerprint density at radius 3 is 3.00 bits per heavy atom. The predicted octanol–water partition coefficient (Wildman–Crippen LogP) is 0.984. The quantitative estimate of drug-likeness (QED) is 0.862. The molecule has 1 aromatic heterocycles. The number of aromatic nitrogens is 2. The predicted molar refractivity (Wildman–Crippen MR) is 73.0 cm³/mol. The number of carbonyl (C=O) groups excluding carboxylic acids is 1. The monoisotopic (exact) mass is 271 g/mol. The minimum atomic E-state index is -0.267. The number of rotatable bonds is 4. The third kappa shape index (κ3) is 3.05. The van der Waals surface area contributed by atoms with Crippen LogP contribution in [-0.4, -0.2) is 22.8 Å². The van der Waals surface area contributed by atoms with Gasteiger partial charge in [-0.25, -0.2) is 0 Å². The van der Waals surface area contributed by atoms with Crippen molar-refractivity contribution in [3.05, 3.63) is 36.2 Å². The van der Waals surface area contributed by atoms with Crippen LogP contribution in [0.3, 0.4) is 0 Å². The Morgan fingerprint density at radius 1 is 1.60 bits per heavy atom. The van der Waals surface area contributed by atoms with Crippen LogP contribution in [-0.2, 0) is 11.3 Å². The van der Waals surface area contributed by atoms with E-state index in [-0.39, 0.29) is 12.5 Å². The van der Waals surface area contributed by atoms with Crippen LogP contribution < -0.4 is 15.8 Å². The number of hydrogen-bond acceptors (Lipinski definition) is 5. The first-order chi connectivity index (χ1) is 9.62. The van der Waals surface area contributed by atoms with Gasteiger partial charge in [0, 0.05) is 12.3 Å². The van der Waals surface area contributed by atoms with E-state index in [0.29, 0.717) is 22.7 Å². The maximum absolute atomic E-state index is 11.9. The molecule has 0 spiro atoms. The number of amides is 1. The lowest BCUT2D eigenvalue weighted by molar-refractivity contribution is -0.116. The van der Waals surface area contributed by atoms with Gasteiger partial charge in [-0.1, -0.05) is 0 Å². The highest BCUT2D eigenvalue weighted by molar-refractivity contribution is 5.92. The Labute approximate surface area is 115 Å². The number of nitrogens with one attached hydrogen (secondary N) is 1. The van der Waals surface area contributed by atoms with Crippen LogP contribution in [0.15, 0.2) is 30.6 Å². The molecule has 0 unspecified atom stereocenters. The van der Waals surface area contributed by atoms with Crippen LogP contribution >= 0.6 is 0 Å². The van der Waals surface area contributed by atoms with E-state index < -0.39 is 0 Å². The van der Waals surface area contributed by atoms with Crippen LogP contribution in [0, 0.1) is 11.3 Å². The molecule has 102 valence electrons. The topological polar surface area (TPSA) is 106 Å². The van der Waals surface area contributed by atoms with Crippen molar-refractivity contribution in [1.29, 1.82) is 5.26 Å². The SMILES string of the molecule is COc1cc(C#N)ccc1NC(=O)Cn1cc(N)cn1. The molecule has 1 aromatic carbocycles. The Hall–Kier alpha value is -3.01. The van der Waals surface area contributed by atoms with Crippen molar-refractivity contribution >= 4 is 17.3 Å². The highest BCUT2D eigenvalue weighted by Gasteiger charge is 2.09. The molecule has 0 saturated carbocycles. The molecule has 0 aliphatic rings. The van der Waals surface area contributed by atoms with E-state index in [4.69, 9.17) is 15.7 Å². The summed E-state index contributed by atoms with van der Waals surface area (Å²) in [6.45, 7) is 0.0420. The molecular formula is C13H13N5O2. The maximum atomic E-state index is 11.9. The van der Waals surface area contributed by atoms with Gasteiger partial charge in [0.1, 0.15) is 12.3 Å². The third-order valence-electron chi connectivity index (χ3n) is 2.56. The molecule has 2 aromatic rings. The van der Waals surface area contributed by atoms with Crippen LogP contribution in [0.25, 0.3) is 0 Å². The van der Waals surface area contributed by atoms with Crippen LogP contribution in [0.5, 0.6) is 5.75 Å². The fraction of sp³-hybridized carbons (Fsp3) is 0.154. The molecule has 20 heavy (non-hydrogen) atoms. The minimum Gasteiger partial charge on any atom is -0.495 e. The summed E-state index contributed by atoms with van der Waals surface area (Å²) in [7, 11) is 1.47. The first-order valence-electron chi connectivity index (χ1n) is 5.78. The van der Waals surface area contributed by atoms with Crippen LogP contribution in [0.4, 0.5) is 11.4 Å². The Balaban J connectivity index is 2.09. The van der Waals surface area contributed by atoms with Crippen molar-refractivity contribution in [1.82, 2.24) is 9.78 Å². The van der Waals surface area contributed by atoms with Gasteiger partial charge >= 0.3 is 0 Å². The zero-order chi connectivity index (χ0) is 14.5. The summed E-state index contributed by atoms with van der Waals surface area (Å²) < 4.78 is 6.57. The summed E-state index contributed by atoms with van der Waals surface area (Å²) in [6, 6.07) is 6.78. The summed E-state index contributed by atoms with van der Waals surface area (Å²) >= 11 is 0. The van der Waals surface area contributed by atoms with Gasteiger partial charge < -0.3 is 15.8 Å². The number of nitriles is 1. The average molecular weight is 271 g/mol. The maximum Gasteiger partial charge on any atom is 0.246 e. The van der Waals surface area contributed by atoms with Gasteiger partial charge in [-0.2, -0.15) is 10.4 Å². The number of nitrogens with two attached hydrogens (primary N) is 1. The summed E-state index contributed by atoms with van der Waals surface area (Å²) in [5.41, 5.74) is 6.97. The van der Waals surface area contributed by atoms with Gasteiger partial charge in [-0.05, 0) is 12.1 Å². The molecule has 0 fully saturated rings. The summed E-state index contributed by atoms with van der Waals surface area (Å²) in [5.74, 6) is 0.161. The van der Waals surface area contributed by atoms with Crippen LogP contribution in [0.2, 0.25) is 0 Å². The van der Waals surface area contributed by atoms with Crippen molar-refractivity contribution in [2.24, 2.45) is 0 Å². The summed E-state index contributed by atoms with van der Waals surface area (Å²) in [5, 5.41) is 15.4. The molecule has 0 atom stereocenters. The second kappa shape index (κ2) is 5.75. The van der Waals surface area contributed by atoms with E-state index in [2.05, 4.69) is 10.4 Å². The molecule has 1 heterocycles. The molecule has 0 bridgehead atoms. The molecule has 1 amide bonds. The van der Waals surface area contributed by atoms with Crippen molar-refractivity contribution in [3.8, 4) is 11.8 Å². The van der Waals surface area contributed by atoms with E-state index in [1.807, 2.05) is 6.07 Å². The van der Waals surface area contributed by atoms with E-state index in [9.17, 15) is 4.79 Å². The van der Waals surface area contributed by atoms with E-state index in [0.717, 1.165) is 0 Å². The number of benzene rings is 1. The van der Waals surface area contributed by atoms with Crippen molar-refractivity contribution in [3.63, 3.8) is 0 Å². The second-order valence-electron chi connectivity index (χ2n) is 4.05. The fourth-order valence-electron chi connectivity index (χ4n) is 1.67. The lowest BCUT2D eigenvalue weighted by Crippen LogP contribution is -2.19. The molecule has 7 nitrogen and oxygen atoms in total. The number of ether oxygens (including phenoxy) is 1. The van der Waals surface area contributed by atoms with Crippen molar-refractivity contribution in [2.75, 3.05) is 18.2 Å². The van der Waals surface area contributed by atoms with Gasteiger partial charge in [0.05, 0.1) is 36.3 Å². The number of methoxy groups -OCH3 is 1. The number of carbonyl (C=O) groups is 1. The second-order valence-corrected chi connectivity index (χ2v) is 4.05. The van der Waals surface area contributed by atoms with Gasteiger partial charge in [-0.3, -0.25) is 9.48 Å². The molecule has 0 saturated heterocycles. The van der Waals surface area contributed by atoms with Gasteiger partial charge in [0.25, 0.3) is 0 Å². The normalized spacial score (nSPS) is 9.80. The van der Waals surface area contributed by atoms with Gasteiger partial charge in [0.2, 0.25) is 5.91 Å². The van der Waals surface area contributed by atoms with Crippen LogP contribution in [0.1, 0.15) is 5.56 Å². The number of nitrogens with zero attached hydrogens (tertiary/aromatic N) is 3. The van der Waals surface area contributed by atoms with E-state index in [1.165, 1.54) is 18.0 Å². The zero-order valence-electron chi connectivity index (χ0n) is 10.8. The van der Waals surface area contributed by atoms with Crippen molar-refractivity contribution in [2.45, 2.75) is 6.54 Å². The third-order valence-corrected chi connectivity index (χ3v) is 2.56. The molecule has 0 radical (unpaired) electrons. The van der Waals surface area contributed by atoms with Gasteiger partial charge in [0.15, 0.2) is 0 Å². The molecule has 7 heteroatoms. The lowest BCUT2D eigenvalue weighted by Gasteiger charge is -2.10.